The lowest BCUT2D eigenvalue weighted by Gasteiger charge is -1.97. The molecule has 0 fully saturated rings. The minimum atomic E-state index is 0.531. The molecule has 0 N–H and O–H groups in total. The molecule has 4 heteroatoms. The molecule has 0 saturated carbocycles. The van der Waals surface area contributed by atoms with E-state index in [-0.39, 0.29) is 0 Å². The predicted octanol–water partition coefficient (Wildman–Crippen LogP) is 3.38. The first-order valence-electron chi connectivity index (χ1n) is 3.97. The quantitative estimate of drug-likeness (QED) is 0.734. The second-order valence-corrected chi connectivity index (χ2v) is 4.42. The van der Waals surface area contributed by atoms with Crippen LogP contribution < -0.4 is 4.74 Å². The summed E-state index contributed by atoms with van der Waals surface area (Å²) >= 11 is 7.30. The van der Waals surface area contributed by atoms with Crippen LogP contribution >= 0.6 is 22.9 Å². The van der Waals surface area contributed by atoms with Gasteiger partial charge in [-0.3, -0.25) is 4.79 Å². The number of halogens is 1. The largest absolute Gasteiger partial charge is 0.497 e. The van der Waals surface area contributed by atoms with Crippen molar-refractivity contribution >= 4 is 39.3 Å². The highest BCUT2D eigenvalue weighted by molar-refractivity contribution is 7.23. The molecule has 1 aromatic heterocycles. The van der Waals surface area contributed by atoms with Crippen LogP contribution in [0.3, 0.4) is 0 Å². The molecule has 0 aliphatic carbocycles. The number of ether oxygens (including phenoxy) is 1. The molecule has 0 radical (unpaired) electrons. The topological polar surface area (TPSA) is 26.3 Å². The van der Waals surface area contributed by atoms with Gasteiger partial charge in [0.15, 0.2) is 6.29 Å². The van der Waals surface area contributed by atoms with E-state index in [1.165, 1.54) is 11.3 Å². The Morgan fingerprint density at radius 3 is 2.93 bits per heavy atom. The van der Waals surface area contributed by atoms with Crippen molar-refractivity contribution in [2.45, 2.75) is 0 Å². The average molecular weight is 227 g/mol. The van der Waals surface area contributed by atoms with Crippen LogP contribution in [0.1, 0.15) is 10.4 Å². The number of benzene rings is 1. The molecule has 72 valence electrons. The molecule has 0 aliphatic rings. The van der Waals surface area contributed by atoms with Crippen molar-refractivity contribution in [3.05, 3.63) is 28.1 Å². The SMILES string of the molecule is COc1ccc2c(C=O)c(Cl)sc2c1. The van der Waals surface area contributed by atoms with Gasteiger partial charge in [-0.05, 0) is 18.2 Å². The maximum absolute atomic E-state index is 10.7. The van der Waals surface area contributed by atoms with Crippen LogP contribution in [0.15, 0.2) is 18.2 Å². The molecule has 2 aromatic rings. The molecule has 14 heavy (non-hydrogen) atoms. The minimum Gasteiger partial charge on any atom is -0.497 e. The number of fused-ring (bicyclic) bond motifs is 1. The standard InChI is InChI=1S/C10H7ClO2S/c1-13-6-2-3-7-8(5-12)10(11)14-9(7)4-6/h2-5H,1H3. The highest BCUT2D eigenvalue weighted by Gasteiger charge is 2.09. The Balaban J connectivity index is 2.74. The Hall–Kier alpha value is -1.06. The van der Waals surface area contributed by atoms with Crippen molar-refractivity contribution in [1.29, 1.82) is 0 Å². The molecule has 1 aromatic carbocycles. The van der Waals surface area contributed by atoms with Gasteiger partial charge in [0.05, 0.1) is 12.7 Å². The van der Waals surface area contributed by atoms with Gasteiger partial charge in [0.1, 0.15) is 10.1 Å². The van der Waals surface area contributed by atoms with E-state index in [1.807, 2.05) is 18.2 Å². The Morgan fingerprint density at radius 1 is 1.50 bits per heavy atom. The van der Waals surface area contributed by atoms with Crippen LogP contribution in [0.2, 0.25) is 4.34 Å². The third-order valence-electron chi connectivity index (χ3n) is 2.01. The van der Waals surface area contributed by atoms with Crippen molar-refractivity contribution in [3.8, 4) is 5.75 Å². The molecule has 0 atom stereocenters. The van der Waals surface area contributed by atoms with Crippen LogP contribution in [0, 0.1) is 0 Å². The van der Waals surface area contributed by atoms with Crippen molar-refractivity contribution in [2.24, 2.45) is 0 Å². The summed E-state index contributed by atoms with van der Waals surface area (Å²) in [4.78, 5) is 10.7. The lowest BCUT2D eigenvalue weighted by molar-refractivity contribution is 0.112. The molecule has 2 nitrogen and oxygen atoms in total. The van der Waals surface area contributed by atoms with Gasteiger partial charge in [-0.2, -0.15) is 0 Å². The fraction of sp³-hybridized carbons (Fsp3) is 0.100. The predicted molar refractivity (Wildman–Crippen MR) is 58.8 cm³/mol. The number of carbonyl (C=O) groups excluding carboxylic acids is 1. The zero-order chi connectivity index (χ0) is 10.1. The van der Waals surface area contributed by atoms with Gasteiger partial charge in [-0.15, -0.1) is 11.3 Å². The highest BCUT2D eigenvalue weighted by atomic mass is 35.5. The van der Waals surface area contributed by atoms with Gasteiger partial charge in [0, 0.05) is 10.1 Å². The molecule has 2 rings (SSSR count). The summed E-state index contributed by atoms with van der Waals surface area (Å²) in [7, 11) is 1.61. The summed E-state index contributed by atoms with van der Waals surface area (Å²) in [6.07, 6.45) is 0.785. The van der Waals surface area contributed by atoms with E-state index in [4.69, 9.17) is 16.3 Å². The van der Waals surface area contributed by atoms with E-state index in [9.17, 15) is 4.79 Å². The number of aldehydes is 1. The summed E-state index contributed by atoms with van der Waals surface area (Å²) in [5, 5.41) is 0.885. The minimum absolute atomic E-state index is 0.531. The second-order valence-electron chi connectivity index (χ2n) is 2.77. The summed E-state index contributed by atoms with van der Waals surface area (Å²) < 4.78 is 6.58. The van der Waals surface area contributed by atoms with Crippen molar-refractivity contribution in [3.63, 3.8) is 0 Å². The number of rotatable bonds is 2. The van der Waals surface area contributed by atoms with Gasteiger partial charge in [0.2, 0.25) is 0 Å². The number of thiophene rings is 1. The Labute approximate surface area is 90.1 Å². The third kappa shape index (κ3) is 1.38. The lowest BCUT2D eigenvalue weighted by atomic mass is 10.2. The van der Waals surface area contributed by atoms with Gasteiger partial charge in [0.25, 0.3) is 0 Å². The molecule has 0 unspecified atom stereocenters. The molecule has 1 heterocycles. The molecular weight excluding hydrogens is 220 g/mol. The maximum atomic E-state index is 10.7. The van der Waals surface area contributed by atoms with Crippen molar-refractivity contribution in [2.75, 3.05) is 7.11 Å². The van der Waals surface area contributed by atoms with E-state index in [0.717, 1.165) is 22.1 Å². The first-order valence-corrected chi connectivity index (χ1v) is 5.17. The van der Waals surface area contributed by atoms with Crippen molar-refractivity contribution < 1.29 is 9.53 Å². The van der Waals surface area contributed by atoms with Crippen LogP contribution in [0.25, 0.3) is 10.1 Å². The van der Waals surface area contributed by atoms with Crippen molar-refractivity contribution in [1.82, 2.24) is 0 Å². The zero-order valence-corrected chi connectivity index (χ0v) is 8.98. The Kier molecular flexibility index (Phi) is 2.44. The van der Waals surface area contributed by atoms with E-state index >= 15 is 0 Å². The summed E-state index contributed by atoms with van der Waals surface area (Å²) in [5.41, 5.74) is 0.564. The normalized spacial score (nSPS) is 10.4. The highest BCUT2D eigenvalue weighted by Crippen LogP contribution is 2.35. The van der Waals surface area contributed by atoms with Gasteiger partial charge >= 0.3 is 0 Å². The molecule has 0 saturated heterocycles. The number of hydrogen-bond acceptors (Lipinski definition) is 3. The van der Waals surface area contributed by atoms with Gasteiger partial charge < -0.3 is 4.74 Å². The molecule has 0 amide bonds. The summed E-state index contributed by atoms with van der Waals surface area (Å²) in [6.45, 7) is 0. The van der Waals surface area contributed by atoms with Crippen LogP contribution in [-0.2, 0) is 0 Å². The maximum Gasteiger partial charge on any atom is 0.153 e. The third-order valence-corrected chi connectivity index (χ3v) is 3.40. The summed E-state index contributed by atoms with van der Waals surface area (Å²) in [5.74, 6) is 0.771. The number of methoxy groups -OCH3 is 1. The van der Waals surface area contributed by atoms with E-state index in [1.54, 1.807) is 7.11 Å². The first kappa shape index (κ1) is 9.49. The monoisotopic (exact) mass is 226 g/mol. The molecule has 0 bridgehead atoms. The fourth-order valence-electron chi connectivity index (χ4n) is 1.30. The van der Waals surface area contributed by atoms with Crippen LogP contribution in [0.4, 0.5) is 0 Å². The van der Waals surface area contributed by atoms with Gasteiger partial charge in [-0.25, -0.2) is 0 Å². The first-order chi connectivity index (χ1) is 6.76. The molecular formula is C10H7ClO2S. The molecule has 0 aliphatic heterocycles. The summed E-state index contributed by atoms with van der Waals surface area (Å²) in [6, 6.07) is 5.54. The van der Waals surface area contributed by atoms with E-state index < -0.39 is 0 Å². The van der Waals surface area contributed by atoms with Crippen LogP contribution in [0.5, 0.6) is 5.75 Å². The van der Waals surface area contributed by atoms with E-state index in [2.05, 4.69) is 0 Å². The average Bonchev–Trinajstić information content (AvgIpc) is 2.51. The van der Waals surface area contributed by atoms with Crippen LogP contribution in [-0.4, -0.2) is 13.4 Å². The number of hydrogen-bond donors (Lipinski definition) is 0. The lowest BCUT2D eigenvalue weighted by Crippen LogP contribution is -1.81. The second kappa shape index (κ2) is 3.59. The molecule has 0 spiro atoms. The smallest absolute Gasteiger partial charge is 0.153 e. The van der Waals surface area contributed by atoms with Gasteiger partial charge in [-0.1, -0.05) is 11.6 Å². The van der Waals surface area contributed by atoms with E-state index in [0.29, 0.717) is 9.90 Å². The Morgan fingerprint density at radius 2 is 2.29 bits per heavy atom. The Bertz CT molecular complexity index is 490. The number of carbonyl (C=O) groups is 1. The zero-order valence-electron chi connectivity index (χ0n) is 7.41. The fourth-order valence-corrected chi connectivity index (χ4v) is 2.62.